The molecule has 0 spiro atoms. The van der Waals surface area contributed by atoms with Crippen molar-refractivity contribution >= 4 is 34.9 Å². The highest BCUT2D eigenvalue weighted by Crippen LogP contribution is 2.20. The fraction of sp³-hybridized carbons (Fsp3) is 0.455. The average molecular weight is 458 g/mol. The quantitative estimate of drug-likeness (QED) is 0.693. The highest BCUT2D eigenvalue weighted by molar-refractivity contribution is 6.33. The Morgan fingerprint density at radius 1 is 0.906 bits per heavy atom. The van der Waals surface area contributed by atoms with Gasteiger partial charge in [0.15, 0.2) is 0 Å². The van der Waals surface area contributed by atoms with E-state index >= 15 is 0 Å². The lowest BCUT2D eigenvalue weighted by molar-refractivity contribution is -0.133. The minimum absolute atomic E-state index is 0.0800. The summed E-state index contributed by atoms with van der Waals surface area (Å²) in [5.74, 6) is 0.937. The van der Waals surface area contributed by atoms with Crippen molar-refractivity contribution in [3.8, 4) is 0 Å². The molecule has 2 saturated heterocycles. The molecule has 3 heterocycles. The van der Waals surface area contributed by atoms with Gasteiger partial charge < -0.3 is 15.1 Å². The van der Waals surface area contributed by atoms with Crippen molar-refractivity contribution in [2.24, 2.45) is 0 Å². The van der Waals surface area contributed by atoms with Crippen LogP contribution in [0.15, 0.2) is 42.9 Å². The first-order valence-corrected chi connectivity index (χ1v) is 11.2. The number of nitrogens with zero attached hydrogens (tertiary/aromatic N) is 6. The number of rotatable bonds is 6. The Labute approximate surface area is 193 Å². The number of aromatic nitrogens is 2. The molecule has 2 aromatic rings. The van der Waals surface area contributed by atoms with Gasteiger partial charge in [-0.05, 0) is 12.1 Å². The van der Waals surface area contributed by atoms with Gasteiger partial charge >= 0.3 is 0 Å². The van der Waals surface area contributed by atoms with Gasteiger partial charge in [-0.2, -0.15) is 0 Å². The molecule has 2 aliphatic rings. The van der Waals surface area contributed by atoms with Gasteiger partial charge in [0.05, 0.1) is 30.0 Å². The summed E-state index contributed by atoms with van der Waals surface area (Å²) < 4.78 is 0. The van der Waals surface area contributed by atoms with E-state index in [1.54, 1.807) is 30.7 Å². The van der Waals surface area contributed by atoms with Crippen LogP contribution in [0.2, 0.25) is 5.02 Å². The molecule has 1 aromatic carbocycles. The third-order valence-corrected chi connectivity index (χ3v) is 6.17. The monoisotopic (exact) mass is 457 g/mol. The Kier molecular flexibility index (Phi) is 7.51. The van der Waals surface area contributed by atoms with Crippen LogP contribution in [0.1, 0.15) is 0 Å². The van der Waals surface area contributed by atoms with Crippen molar-refractivity contribution in [3.63, 3.8) is 0 Å². The van der Waals surface area contributed by atoms with E-state index in [1.165, 1.54) is 0 Å². The summed E-state index contributed by atoms with van der Waals surface area (Å²) in [6.45, 7) is 6.69. The molecule has 1 N–H and O–H groups in total. The molecule has 1 aromatic heterocycles. The van der Waals surface area contributed by atoms with Crippen molar-refractivity contribution in [1.29, 1.82) is 0 Å². The van der Waals surface area contributed by atoms with Gasteiger partial charge in [0.1, 0.15) is 5.82 Å². The molecular formula is C22H28ClN7O2. The summed E-state index contributed by atoms with van der Waals surface area (Å²) in [5, 5.41) is 3.39. The number of carbonyl (C=O) groups excluding carboxylic acids is 2. The molecule has 0 radical (unpaired) electrons. The van der Waals surface area contributed by atoms with Crippen molar-refractivity contribution in [2.75, 3.05) is 75.7 Å². The molecular weight excluding hydrogens is 430 g/mol. The molecule has 4 rings (SSSR count). The summed E-state index contributed by atoms with van der Waals surface area (Å²) in [5.41, 5.74) is 0.628. The summed E-state index contributed by atoms with van der Waals surface area (Å²) in [6.07, 6.45) is 5.10. The molecule has 0 bridgehead atoms. The number of nitrogens with one attached hydrogen (secondary N) is 1. The Bertz CT molecular complexity index is 914. The maximum absolute atomic E-state index is 12.8. The third-order valence-electron chi connectivity index (χ3n) is 5.84. The van der Waals surface area contributed by atoms with Crippen molar-refractivity contribution in [2.45, 2.75) is 0 Å². The number of hydrogen-bond acceptors (Lipinski definition) is 7. The first-order chi connectivity index (χ1) is 15.6. The summed E-state index contributed by atoms with van der Waals surface area (Å²) in [6, 6.07) is 7.21. The standard InChI is InChI=1S/C22H28ClN7O2/c23-18-3-1-2-4-19(18)26-21(31)16-27-7-9-28(10-8-27)17-22(32)30-13-11-29(12-14-30)20-15-24-5-6-25-20/h1-6,15H,7-14,16-17H2,(H,26,31). The molecule has 2 amide bonds. The van der Waals surface area contributed by atoms with E-state index in [2.05, 4.69) is 30.0 Å². The van der Waals surface area contributed by atoms with Crippen LogP contribution in [0.25, 0.3) is 0 Å². The van der Waals surface area contributed by atoms with Crippen LogP contribution in [-0.4, -0.2) is 102 Å². The molecule has 0 unspecified atom stereocenters. The zero-order valence-electron chi connectivity index (χ0n) is 18.0. The van der Waals surface area contributed by atoms with Crippen molar-refractivity contribution in [1.82, 2.24) is 24.7 Å². The maximum atomic E-state index is 12.8. The minimum Gasteiger partial charge on any atom is -0.352 e. The fourth-order valence-corrected chi connectivity index (χ4v) is 4.17. The normalized spacial score (nSPS) is 17.9. The number of halogens is 1. The summed E-state index contributed by atoms with van der Waals surface area (Å²) in [4.78, 5) is 41.9. The van der Waals surface area contributed by atoms with E-state index in [-0.39, 0.29) is 11.8 Å². The Morgan fingerprint density at radius 2 is 1.59 bits per heavy atom. The van der Waals surface area contributed by atoms with Gasteiger partial charge in [-0.1, -0.05) is 23.7 Å². The van der Waals surface area contributed by atoms with Crippen LogP contribution in [0.4, 0.5) is 11.5 Å². The molecule has 9 nitrogen and oxygen atoms in total. The van der Waals surface area contributed by atoms with E-state index in [0.717, 1.165) is 45.1 Å². The Balaban J connectivity index is 1.16. The Morgan fingerprint density at radius 3 is 2.25 bits per heavy atom. The van der Waals surface area contributed by atoms with Crippen LogP contribution in [0.5, 0.6) is 0 Å². The van der Waals surface area contributed by atoms with Crippen LogP contribution in [0, 0.1) is 0 Å². The summed E-state index contributed by atoms with van der Waals surface area (Å²) in [7, 11) is 0. The van der Waals surface area contributed by atoms with Gasteiger partial charge in [0.25, 0.3) is 0 Å². The third kappa shape index (κ3) is 5.93. The molecule has 32 heavy (non-hydrogen) atoms. The molecule has 10 heteroatoms. The molecule has 0 atom stereocenters. The van der Waals surface area contributed by atoms with Crippen molar-refractivity contribution in [3.05, 3.63) is 47.9 Å². The molecule has 170 valence electrons. The maximum Gasteiger partial charge on any atom is 0.238 e. The van der Waals surface area contributed by atoms with E-state index in [1.807, 2.05) is 17.0 Å². The lowest BCUT2D eigenvalue weighted by atomic mass is 10.2. The van der Waals surface area contributed by atoms with Crippen molar-refractivity contribution < 1.29 is 9.59 Å². The van der Waals surface area contributed by atoms with Gasteiger partial charge in [0, 0.05) is 64.8 Å². The van der Waals surface area contributed by atoms with Crippen LogP contribution in [-0.2, 0) is 9.59 Å². The average Bonchev–Trinajstić information content (AvgIpc) is 2.82. The number of para-hydroxylation sites is 1. The molecule has 0 saturated carbocycles. The second kappa shape index (κ2) is 10.7. The highest BCUT2D eigenvalue weighted by atomic mass is 35.5. The summed E-state index contributed by atoms with van der Waals surface area (Å²) >= 11 is 6.10. The largest absolute Gasteiger partial charge is 0.352 e. The predicted octanol–water partition coefficient (Wildman–Crippen LogP) is 1.03. The predicted molar refractivity (Wildman–Crippen MR) is 124 cm³/mol. The van der Waals surface area contributed by atoms with E-state index in [9.17, 15) is 9.59 Å². The van der Waals surface area contributed by atoms with Crippen LogP contribution >= 0.6 is 11.6 Å². The van der Waals surface area contributed by atoms with E-state index < -0.39 is 0 Å². The molecule has 2 aliphatic heterocycles. The van der Waals surface area contributed by atoms with Crippen LogP contribution < -0.4 is 10.2 Å². The number of piperazine rings is 2. The number of benzene rings is 1. The number of carbonyl (C=O) groups is 2. The first kappa shape index (κ1) is 22.4. The lowest BCUT2D eigenvalue weighted by Crippen LogP contribution is -2.54. The zero-order valence-corrected chi connectivity index (χ0v) is 18.7. The minimum atomic E-state index is -0.0800. The smallest absolute Gasteiger partial charge is 0.238 e. The molecule has 0 aliphatic carbocycles. The number of amides is 2. The SMILES string of the molecule is O=C(CN1CCN(CC(=O)N2CCN(c3cnccn3)CC2)CC1)Nc1ccccc1Cl. The van der Waals surface area contributed by atoms with E-state index in [0.29, 0.717) is 36.9 Å². The lowest BCUT2D eigenvalue weighted by Gasteiger charge is -2.38. The van der Waals surface area contributed by atoms with Gasteiger partial charge in [-0.3, -0.25) is 24.4 Å². The second-order valence-electron chi connectivity index (χ2n) is 8.01. The molecule has 2 fully saturated rings. The van der Waals surface area contributed by atoms with Gasteiger partial charge in [-0.25, -0.2) is 4.98 Å². The Hall–Kier alpha value is -2.75. The highest BCUT2D eigenvalue weighted by Gasteiger charge is 2.25. The topological polar surface area (TPSA) is 84.9 Å². The number of anilines is 2. The first-order valence-electron chi connectivity index (χ1n) is 10.9. The van der Waals surface area contributed by atoms with E-state index in [4.69, 9.17) is 11.6 Å². The zero-order chi connectivity index (χ0) is 22.3. The fourth-order valence-electron chi connectivity index (χ4n) is 3.99. The number of hydrogen-bond donors (Lipinski definition) is 1. The van der Waals surface area contributed by atoms with Gasteiger partial charge in [0.2, 0.25) is 11.8 Å². The second-order valence-corrected chi connectivity index (χ2v) is 8.42. The van der Waals surface area contributed by atoms with Crippen LogP contribution in [0.3, 0.4) is 0 Å². The van der Waals surface area contributed by atoms with Gasteiger partial charge in [-0.15, -0.1) is 0 Å².